The number of rotatable bonds is 13. The van der Waals surface area contributed by atoms with Gasteiger partial charge in [0, 0.05) is 18.3 Å². The van der Waals surface area contributed by atoms with Crippen LogP contribution in [-0.4, -0.2) is 29.2 Å². The second-order valence-corrected chi connectivity index (χ2v) is 17.6. The van der Waals surface area contributed by atoms with E-state index in [4.69, 9.17) is 0 Å². The first-order valence-corrected chi connectivity index (χ1v) is 17.1. The van der Waals surface area contributed by atoms with Crippen molar-refractivity contribution in [3.8, 4) is 0 Å². The summed E-state index contributed by atoms with van der Waals surface area (Å²) >= 11 is 2.33. The molecule has 1 heterocycles. The van der Waals surface area contributed by atoms with Gasteiger partial charge in [0.2, 0.25) is 0 Å². The van der Waals surface area contributed by atoms with Crippen LogP contribution in [0.1, 0.15) is 146 Å². The Kier molecular flexibility index (Phi) is 13.3. The van der Waals surface area contributed by atoms with Crippen LogP contribution >= 0.6 is 11.8 Å². The number of nitrogens with zero attached hydrogens (tertiary/aromatic N) is 1. The van der Waals surface area contributed by atoms with Gasteiger partial charge in [0.05, 0.1) is 0 Å². The number of hydrogen-bond donors (Lipinski definition) is 0. The van der Waals surface area contributed by atoms with E-state index in [1.807, 2.05) is 0 Å². The summed E-state index contributed by atoms with van der Waals surface area (Å²) in [6.45, 7) is 25.7. The summed E-state index contributed by atoms with van der Waals surface area (Å²) in [5.74, 6) is 5.17. The van der Waals surface area contributed by atoms with Gasteiger partial charge in [-0.05, 0) is 83.7 Å². The molecule has 2 rings (SSSR count). The Morgan fingerprint density at radius 1 is 0.892 bits per heavy atom. The third kappa shape index (κ3) is 12.1. The topological polar surface area (TPSA) is 3.24 Å². The third-order valence-corrected chi connectivity index (χ3v) is 12.4. The van der Waals surface area contributed by atoms with E-state index in [1.54, 1.807) is 0 Å². The van der Waals surface area contributed by atoms with Crippen molar-refractivity contribution in [3.05, 3.63) is 0 Å². The monoisotopic (exact) mass is 539 g/mol. The first-order chi connectivity index (χ1) is 17.1. The van der Waals surface area contributed by atoms with E-state index in [2.05, 4.69) is 81.0 Å². The van der Waals surface area contributed by atoms with Crippen LogP contribution < -0.4 is 0 Å². The summed E-state index contributed by atoms with van der Waals surface area (Å²) in [6.07, 6.45) is 16.3. The Labute approximate surface area is 237 Å². The van der Waals surface area contributed by atoms with Gasteiger partial charge >= 0.3 is 0 Å². The molecule has 0 aromatic rings. The molecule has 6 unspecified atom stereocenters. The Morgan fingerprint density at radius 3 is 2.19 bits per heavy atom. The maximum absolute atomic E-state index is 13.5. The zero-order chi connectivity index (χ0) is 27.9. The summed E-state index contributed by atoms with van der Waals surface area (Å²) < 4.78 is 13.5. The van der Waals surface area contributed by atoms with Gasteiger partial charge in [0.25, 0.3) is 0 Å². The molecule has 37 heavy (non-hydrogen) atoms. The molecule has 0 aromatic carbocycles. The molecule has 6 atom stereocenters. The van der Waals surface area contributed by atoms with E-state index in [0.29, 0.717) is 35.3 Å². The molecule has 2 fully saturated rings. The number of hydrogen-bond acceptors (Lipinski definition) is 2. The van der Waals surface area contributed by atoms with E-state index in [0.717, 1.165) is 40.5 Å². The van der Waals surface area contributed by atoms with Crippen molar-refractivity contribution in [1.29, 1.82) is 0 Å². The molecule has 1 nitrogen and oxygen atoms in total. The predicted octanol–water partition coefficient (Wildman–Crippen LogP) is 11.2. The molecular weight excluding hydrogens is 473 g/mol. The van der Waals surface area contributed by atoms with Crippen LogP contribution in [0.25, 0.3) is 0 Å². The Bertz CT molecular complexity index is 633. The summed E-state index contributed by atoms with van der Waals surface area (Å²) in [7, 11) is 0. The molecule has 1 aliphatic carbocycles. The van der Waals surface area contributed by atoms with E-state index in [-0.39, 0.29) is 0 Å². The fourth-order valence-corrected chi connectivity index (χ4v) is 8.61. The van der Waals surface area contributed by atoms with Crippen molar-refractivity contribution in [1.82, 2.24) is 5.12 Å². The Balaban J connectivity index is 1.98. The van der Waals surface area contributed by atoms with Crippen molar-refractivity contribution in [2.45, 2.75) is 152 Å². The van der Waals surface area contributed by atoms with Crippen molar-refractivity contribution in [2.75, 3.05) is 18.8 Å². The molecule has 2 aliphatic rings. The lowest BCUT2D eigenvalue weighted by Crippen LogP contribution is -2.34. The van der Waals surface area contributed by atoms with Crippen LogP contribution in [0.4, 0.5) is 4.48 Å². The van der Waals surface area contributed by atoms with Crippen LogP contribution in [-0.2, 0) is 0 Å². The van der Waals surface area contributed by atoms with Gasteiger partial charge in [-0.25, -0.2) is 0 Å². The normalized spacial score (nSPS) is 28.3. The van der Waals surface area contributed by atoms with Gasteiger partial charge in [-0.3, -0.25) is 0 Å². The fourth-order valence-electron chi connectivity index (χ4n) is 6.59. The summed E-state index contributed by atoms with van der Waals surface area (Å²) in [5, 5.41) is 1.86. The number of halogens is 1. The second-order valence-electron chi connectivity index (χ2n) is 16.4. The molecule has 1 saturated carbocycles. The number of unbranched alkanes of at least 4 members (excludes halogenated alkanes) is 1. The minimum atomic E-state index is 0.340. The van der Waals surface area contributed by atoms with Crippen LogP contribution in [0.15, 0.2) is 0 Å². The van der Waals surface area contributed by atoms with E-state index in [9.17, 15) is 4.48 Å². The molecule has 0 N–H and O–H groups in total. The highest BCUT2D eigenvalue weighted by Gasteiger charge is 2.37. The van der Waals surface area contributed by atoms with Gasteiger partial charge in [0.1, 0.15) is 0 Å². The summed E-state index contributed by atoms with van der Waals surface area (Å²) in [5.41, 5.74) is 1.16. The third-order valence-electron chi connectivity index (χ3n) is 10.5. The smallest absolute Gasteiger partial charge is 0.0319 e. The highest BCUT2D eigenvalue weighted by molar-refractivity contribution is 7.99. The maximum atomic E-state index is 13.5. The Hall–Kier alpha value is 0.240. The van der Waals surface area contributed by atoms with E-state index in [1.165, 1.54) is 76.4 Å². The lowest BCUT2D eigenvalue weighted by Gasteiger charge is -2.41. The minimum absolute atomic E-state index is 0.340. The zero-order valence-corrected chi connectivity index (χ0v) is 27.6. The van der Waals surface area contributed by atoms with Crippen molar-refractivity contribution in [3.63, 3.8) is 0 Å². The van der Waals surface area contributed by atoms with Crippen LogP contribution in [0.2, 0.25) is 0 Å². The standard InChI is InChI=1S/C34H66FNS/c1-26(22-29-19-21-36(35)24-29)17-18-27(2)30-23-28(14-11-12-20-32(3,4)5)15-13-16-31(30)37-25-34(9,10)33(6,7)8/h26-31H,11-25H2,1-10H3. The van der Waals surface area contributed by atoms with Gasteiger partial charge in [0.15, 0.2) is 0 Å². The SMILES string of the molecule is CC(CCC(C)C1CC(CCCCC(C)(C)C)CCCC1SCC(C)(C)C(C)(C)C)CC1CCN(F)C1. The average Bonchev–Trinajstić information content (AvgIpc) is 3.06. The molecule has 0 aromatic heterocycles. The Morgan fingerprint density at radius 2 is 1.59 bits per heavy atom. The van der Waals surface area contributed by atoms with Crippen molar-refractivity contribution in [2.24, 2.45) is 45.8 Å². The van der Waals surface area contributed by atoms with Crippen molar-refractivity contribution < 1.29 is 4.48 Å². The average molecular weight is 540 g/mol. The molecule has 3 heteroatoms. The summed E-state index contributed by atoms with van der Waals surface area (Å²) in [6, 6.07) is 0. The number of thioether (sulfide) groups is 1. The summed E-state index contributed by atoms with van der Waals surface area (Å²) in [4.78, 5) is 0. The molecule has 0 radical (unpaired) electrons. The quantitative estimate of drug-likeness (QED) is 0.130. The van der Waals surface area contributed by atoms with Crippen LogP contribution in [0, 0.1) is 45.8 Å². The first-order valence-electron chi connectivity index (χ1n) is 16.1. The van der Waals surface area contributed by atoms with E-state index >= 15 is 0 Å². The maximum Gasteiger partial charge on any atom is 0.0319 e. The predicted molar refractivity (Wildman–Crippen MR) is 166 cm³/mol. The van der Waals surface area contributed by atoms with Crippen molar-refractivity contribution >= 4 is 11.8 Å². The lowest BCUT2D eigenvalue weighted by molar-refractivity contribution is 0.0507. The molecular formula is C34H66FNS. The van der Waals surface area contributed by atoms with Crippen LogP contribution in [0.3, 0.4) is 0 Å². The molecule has 1 aliphatic heterocycles. The highest BCUT2D eigenvalue weighted by Crippen LogP contribution is 2.47. The molecule has 0 amide bonds. The van der Waals surface area contributed by atoms with Crippen LogP contribution in [0.5, 0.6) is 0 Å². The molecule has 0 bridgehead atoms. The molecule has 0 spiro atoms. The highest BCUT2D eigenvalue weighted by atomic mass is 32.2. The van der Waals surface area contributed by atoms with Gasteiger partial charge in [-0.15, -0.1) is 9.60 Å². The second kappa shape index (κ2) is 14.7. The first kappa shape index (κ1) is 33.4. The minimum Gasteiger partial charge on any atom is -0.158 e. The lowest BCUT2D eigenvalue weighted by atomic mass is 9.71. The van der Waals surface area contributed by atoms with Gasteiger partial charge in [-0.2, -0.15) is 11.8 Å². The van der Waals surface area contributed by atoms with E-state index < -0.39 is 0 Å². The molecule has 1 saturated heterocycles. The van der Waals surface area contributed by atoms with Gasteiger partial charge < -0.3 is 0 Å². The largest absolute Gasteiger partial charge is 0.158 e. The van der Waals surface area contributed by atoms with Gasteiger partial charge in [-0.1, -0.05) is 114 Å². The molecule has 220 valence electrons. The fraction of sp³-hybridized carbons (Fsp3) is 1.00. The zero-order valence-electron chi connectivity index (χ0n) is 26.8.